The molecule has 13 heavy (non-hydrogen) atoms. The second-order valence-corrected chi connectivity index (χ2v) is 2.50. The van der Waals surface area contributed by atoms with E-state index in [4.69, 9.17) is 20.8 Å². The molecule has 1 heterocycles. The number of carbonyl (C=O) groups is 2. The number of hydrogen-bond donors (Lipinski definition) is 0. The van der Waals surface area contributed by atoms with Crippen LogP contribution in [0.4, 0.5) is 0 Å². The Hall–Kier alpha value is -1.29. The maximum absolute atomic E-state index is 10.9. The van der Waals surface area contributed by atoms with E-state index in [1.54, 1.807) is 6.92 Å². The minimum atomic E-state index is -1.07. The topological polar surface area (TPSA) is 56.5 Å². The molecule has 1 aromatic heterocycles. The third-order valence-corrected chi connectivity index (χ3v) is 1.44. The fourth-order valence-corrected chi connectivity index (χ4v) is 0.852. The van der Waals surface area contributed by atoms with Gasteiger partial charge in [-0.05, 0) is 24.6 Å². The van der Waals surface area contributed by atoms with Gasteiger partial charge in [-0.1, -0.05) is 0 Å². The predicted molar refractivity (Wildman–Crippen MR) is 45.1 cm³/mol. The van der Waals surface area contributed by atoms with Crippen molar-refractivity contribution in [1.82, 2.24) is 0 Å². The molecular formula is C8H7ClO4. The molecule has 0 saturated heterocycles. The summed E-state index contributed by atoms with van der Waals surface area (Å²) in [7, 11) is 0. The van der Waals surface area contributed by atoms with Gasteiger partial charge in [0, 0.05) is 6.07 Å². The van der Waals surface area contributed by atoms with E-state index in [0.717, 1.165) is 0 Å². The van der Waals surface area contributed by atoms with E-state index in [1.165, 1.54) is 12.1 Å². The highest BCUT2D eigenvalue weighted by atomic mass is 35.5. The normalized spacial score (nSPS) is 9.69. The summed E-state index contributed by atoms with van der Waals surface area (Å²) in [5.74, 6) is -0.778. The Kier molecular flexibility index (Phi) is 3.08. The van der Waals surface area contributed by atoms with Crippen LogP contribution in [0.5, 0.6) is 5.95 Å². The van der Waals surface area contributed by atoms with Crippen molar-refractivity contribution >= 4 is 22.6 Å². The fraction of sp³-hybridized carbons (Fsp3) is 0.250. The molecule has 0 N–H and O–H groups in total. The molecule has 0 aromatic carbocycles. The summed E-state index contributed by atoms with van der Waals surface area (Å²) in [5.41, 5.74) is 0. The highest BCUT2D eigenvalue weighted by Gasteiger charge is 2.17. The van der Waals surface area contributed by atoms with Crippen molar-refractivity contribution in [1.29, 1.82) is 0 Å². The second-order valence-electron chi connectivity index (χ2n) is 2.15. The smallest absolute Gasteiger partial charge is 0.296 e. The van der Waals surface area contributed by atoms with Gasteiger partial charge >= 0.3 is 0 Å². The van der Waals surface area contributed by atoms with Crippen molar-refractivity contribution in [3.63, 3.8) is 0 Å². The minimum Gasteiger partial charge on any atom is -0.465 e. The van der Waals surface area contributed by atoms with E-state index in [1.807, 2.05) is 0 Å². The molecule has 0 amide bonds. The van der Waals surface area contributed by atoms with E-state index < -0.39 is 11.0 Å². The van der Waals surface area contributed by atoms with Gasteiger partial charge in [-0.25, -0.2) is 0 Å². The van der Waals surface area contributed by atoms with Gasteiger partial charge in [0.1, 0.15) is 0 Å². The zero-order chi connectivity index (χ0) is 9.84. The molecule has 0 aliphatic heterocycles. The number of furan rings is 1. The van der Waals surface area contributed by atoms with Crippen LogP contribution in [0.3, 0.4) is 0 Å². The molecule has 0 bridgehead atoms. The molecule has 70 valence electrons. The van der Waals surface area contributed by atoms with Gasteiger partial charge in [0.2, 0.25) is 0 Å². The van der Waals surface area contributed by atoms with E-state index in [-0.39, 0.29) is 11.7 Å². The molecule has 0 unspecified atom stereocenters. The van der Waals surface area contributed by atoms with Crippen molar-refractivity contribution in [2.24, 2.45) is 0 Å². The third kappa shape index (κ3) is 2.32. The molecule has 0 radical (unpaired) electrons. The number of rotatable bonds is 4. The van der Waals surface area contributed by atoms with Crippen LogP contribution in [0.2, 0.25) is 0 Å². The Morgan fingerprint density at radius 2 is 2.23 bits per heavy atom. The fourth-order valence-electron chi connectivity index (χ4n) is 0.759. The first kappa shape index (κ1) is 9.80. The summed E-state index contributed by atoms with van der Waals surface area (Å²) in [6.45, 7) is 2.20. The van der Waals surface area contributed by atoms with Crippen molar-refractivity contribution in [3.05, 3.63) is 17.9 Å². The SMILES string of the molecule is CCOc1ccc(C(=O)C(=O)Cl)o1. The first-order chi connectivity index (χ1) is 6.15. The van der Waals surface area contributed by atoms with Gasteiger partial charge in [0.05, 0.1) is 6.61 Å². The van der Waals surface area contributed by atoms with Gasteiger partial charge in [0.15, 0.2) is 5.76 Å². The molecule has 0 saturated carbocycles. The Morgan fingerprint density at radius 3 is 2.77 bits per heavy atom. The Bertz CT molecular complexity index is 329. The Balaban J connectivity index is 2.79. The van der Waals surface area contributed by atoms with Crippen molar-refractivity contribution < 1.29 is 18.7 Å². The molecule has 1 rings (SSSR count). The molecule has 0 atom stereocenters. The van der Waals surface area contributed by atoms with Crippen LogP contribution in [0.1, 0.15) is 17.5 Å². The number of hydrogen-bond acceptors (Lipinski definition) is 4. The minimum absolute atomic E-state index is 0.108. The van der Waals surface area contributed by atoms with Gasteiger partial charge in [-0.3, -0.25) is 9.59 Å². The van der Waals surface area contributed by atoms with E-state index in [0.29, 0.717) is 6.61 Å². The lowest BCUT2D eigenvalue weighted by molar-refractivity contribution is -0.108. The largest absolute Gasteiger partial charge is 0.465 e. The van der Waals surface area contributed by atoms with E-state index in [9.17, 15) is 9.59 Å². The Labute approximate surface area is 79.4 Å². The van der Waals surface area contributed by atoms with E-state index >= 15 is 0 Å². The quantitative estimate of drug-likeness (QED) is 0.423. The molecule has 1 aromatic rings. The third-order valence-electron chi connectivity index (χ3n) is 1.27. The number of ketones is 1. The lowest BCUT2D eigenvalue weighted by Crippen LogP contribution is -2.05. The maximum atomic E-state index is 10.9. The van der Waals surface area contributed by atoms with Gasteiger partial charge in [-0.15, -0.1) is 0 Å². The van der Waals surface area contributed by atoms with Crippen LogP contribution in [-0.4, -0.2) is 17.6 Å². The van der Waals surface area contributed by atoms with Crippen LogP contribution < -0.4 is 4.74 Å². The van der Waals surface area contributed by atoms with Crippen LogP contribution >= 0.6 is 11.6 Å². The molecule has 0 aliphatic carbocycles. The van der Waals surface area contributed by atoms with Crippen LogP contribution in [-0.2, 0) is 4.79 Å². The van der Waals surface area contributed by atoms with Crippen LogP contribution in [0.15, 0.2) is 16.5 Å². The van der Waals surface area contributed by atoms with Crippen molar-refractivity contribution in [2.45, 2.75) is 6.92 Å². The highest BCUT2D eigenvalue weighted by molar-refractivity contribution is 6.82. The average molecular weight is 203 g/mol. The summed E-state index contributed by atoms with van der Waals surface area (Å²) in [4.78, 5) is 21.4. The van der Waals surface area contributed by atoms with E-state index in [2.05, 4.69) is 0 Å². The molecule has 0 fully saturated rings. The first-order valence-electron chi connectivity index (χ1n) is 3.62. The van der Waals surface area contributed by atoms with Gasteiger partial charge < -0.3 is 9.15 Å². The molecule has 5 heteroatoms. The lowest BCUT2D eigenvalue weighted by Gasteiger charge is -1.94. The number of ether oxygens (including phenoxy) is 1. The predicted octanol–water partition coefficient (Wildman–Crippen LogP) is 1.63. The summed E-state index contributed by atoms with van der Waals surface area (Å²) in [5, 5.41) is -1.07. The molecule has 0 spiro atoms. The molecule has 0 aliphatic rings. The number of Topliss-reactive ketones (excluding diaryl/α,β-unsaturated/α-hetero) is 1. The lowest BCUT2D eigenvalue weighted by atomic mass is 10.3. The number of halogens is 1. The maximum Gasteiger partial charge on any atom is 0.296 e. The van der Waals surface area contributed by atoms with Gasteiger partial charge in [-0.2, -0.15) is 0 Å². The summed E-state index contributed by atoms with van der Waals surface area (Å²) < 4.78 is 9.81. The monoisotopic (exact) mass is 202 g/mol. The van der Waals surface area contributed by atoms with Crippen LogP contribution in [0, 0.1) is 0 Å². The second kappa shape index (κ2) is 4.09. The van der Waals surface area contributed by atoms with Crippen molar-refractivity contribution in [3.8, 4) is 5.95 Å². The first-order valence-corrected chi connectivity index (χ1v) is 3.99. The number of carbonyl (C=O) groups excluding carboxylic acids is 2. The standard InChI is InChI=1S/C8H7ClO4/c1-2-12-6-4-3-5(13-6)7(10)8(9)11/h3-4H,2H2,1H3. The van der Waals surface area contributed by atoms with Crippen molar-refractivity contribution in [2.75, 3.05) is 6.61 Å². The summed E-state index contributed by atoms with van der Waals surface area (Å²) in [6, 6.07) is 2.80. The zero-order valence-corrected chi connectivity index (χ0v) is 7.63. The average Bonchev–Trinajstić information content (AvgIpc) is 2.52. The van der Waals surface area contributed by atoms with Crippen LogP contribution in [0.25, 0.3) is 0 Å². The summed E-state index contributed by atoms with van der Waals surface area (Å²) >= 11 is 4.96. The van der Waals surface area contributed by atoms with Gasteiger partial charge in [0.25, 0.3) is 17.0 Å². The Morgan fingerprint density at radius 1 is 1.54 bits per heavy atom. The summed E-state index contributed by atoms with van der Waals surface area (Å²) in [6.07, 6.45) is 0. The zero-order valence-electron chi connectivity index (χ0n) is 6.87. The highest BCUT2D eigenvalue weighted by Crippen LogP contribution is 2.16. The molecule has 4 nitrogen and oxygen atoms in total. The molecular weight excluding hydrogens is 196 g/mol.